The lowest BCUT2D eigenvalue weighted by Gasteiger charge is -2.53. The lowest BCUT2D eigenvalue weighted by Crippen LogP contribution is -2.50. The molecular weight excluding hydrogens is 292 g/mol. The van der Waals surface area contributed by atoms with Crippen LogP contribution < -0.4 is 0 Å². The van der Waals surface area contributed by atoms with E-state index in [9.17, 15) is 4.79 Å². The molecule has 0 heterocycles. The van der Waals surface area contributed by atoms with Crippen LogP contribution in [0, 0.1) is 23.7 Å². The minimum atomic E-state index is -0.647. The van der Waals surface area contributed by atoms with Gasteiger partial charge in [0.1, 0.15) is 11.7 Å². The fourth-order valence-electron chi connectivity index (χ4n) is 5.19. The van der Waals surface area contributed by atoms with E-state index in [1.807, 2.05) is 13.8 Å². The smallest absolute Gasteiger partial charge is 0.428 e. The van der Waals surface area contributed by atoms with E-state index in [1.165, 1.54) is 44.9 Å². The zero-order valence-corrected chi connectivity index (χ0v) is 14.9. The zero-order chi connectivity index (χ0) is 16.4. The van der Waals surface area contributed by atoms with Crippen molar-refractivity contribution in [1.29, 1.82) is 0 Å². The van der Waals surface area contributed by atoms with E-state index in [2.05, 4.69) is 6.92 Å². The van der Waals surface area contributed by atoms with Crippen molar-refractivity contribution in [2.45, 2.75) is 90.3 Å². The Morgan fingerprint density at radius 3 is 2.17 bits per heavy atom. The maximum Gasteiger partial charge on any atom is 0.540 e. The molecule has 4 saturated carbocycles. The van der Waals surface area contributed by atoms with Gasteiger partial charge in [0.15, 0.2) is 0 Å². The standard InChI is InChI=1S/C19H32O4/c1-4-5-6-7-19(2,3)23-22-18(20)21-17-15-9-13-8-14(11-15)12-16(17)10-13/h13-17H,4-12H2,1-3H3. The molecule has 0 radical (unpaired) electrons. The fraction of sp³-hybridized carbons (Fsp3) is 0.947. The van der Waals surface area contributed by atoms with Gasteiger partial charge in [-0.05, 0) is 76.0 Å². The van der Waals surface area contributed by atoms with E-state index < -0.39 is 11.8 Å². The molecule has 0 spiro atoms. The Labute approximate surface area is 140 Å². The van der Waals surface area contributed by atoms with E-state index in [0.717, 1.165) is 24.7 Å². The Bertz CT molecular complexity index is 390. The molecule has 0 atom stereocenters. The molecular formula is C19H32O4. The SMILES string of the molecule is CCCCCC(C)(C)OOC(=O)OC1C2CC3CC(C2)CC1C3. The second-order valence-electron chi connectivity index (χ2n) is 8.65. The van der Waals surface area contributed by atoms with Gasteiger partial charge >= 0.3 is 6.16 Å². The van der Waals surface area contributed by atoms with Crippen LogP contribution in [0.25, 0.3) is 0 Å². The van der Waals surface area contributed by atoms with Gasteiger partial charge in [0.2, 0.25) is 0 Å². The molecule has 0 aromatic carbocycles. The van der Waals surface area contributed by atoms with Gasteiger partial charge in [-0.15, -0.1) is 0 Å². The first-order valence-electron chi connectivity index (χ1n) is 9.53. The summed E-state index contributed by atoms with van der Waals surface area (Å²) in [5.74, 6) is 2.86. The van der Waals surface area contributed by atoms with E-state index in [-0.39, 0.29) is 6.10 Å². The van der Waals surface area contributed by atoms with Crippen molar-refractivity contribution in [1.82, 2.24) is 0 Å². The second-order valence-corrected chi connectivity index (χ2v) is 8.65. The normalized spacial score (nSPS) is 35.3. The van der Waals surface area contributed by atoms with Crippen LogP contribution in [-0.2, 0) is 14.5 Å². The van der Waals surface area contributed by atoms with E-state index in [4.69, 9.17) is 14.5 Å². The van der Waals surface area contributed by atoms with Crippen LogP contribution in [0.15, 0.2) is 0 Å². The molecule has 0 amide bonds. The molecule has 4 nitrogen and oxygen atoms in total. The van der Waals surface area contributed by atoms with E-state index >= 15 is 0 Å². The highest BCUT2D eigenvalue weighted by Crippen LogP contribution is 2.54. The van der Waals surface area contributed by atoms with Crippen LogP contribution in [0.4, 0.5) is 4.79 Å². The summed E-state index contributed by atoms with van der Waals surface area (Å²) in [6.07, 6.45) is 10.0. The first-order chi connectivity index (χ1) is 11.0. The predicted molar refractivity (Wildman–Crippen MR) is 87.7 cm³/mol. The van der Waals surface area contributed by atoms with Crippen molar-refractivity contribution in [3.8, 4) is 0 Å². The minimum Gasteiger partial charge on any atom is -0.428 e. The average Bonchev–Trinajstić information content (AvgIpc) is 2.48. The Balaban J connectivity index is 1.43. The molecule has 4 rings (SSSR count). The molecule has 0 saturated heterocycles. The molecule has 4 aliphatic rings. The third-order valence-corrected chi connectivity index (χ3v) is 6.09. The largest absolute Gasteiger partial charge is 0.540 e. The quantitative estimate of drug-likeness (QED) is 0.277. The summed E-state index contributed by atoms with van der Waals surface area (Å²) in [7, 11) is 0. The van der Waals surface area contributed by atoms with Crippen LogP contribution in [0.2, 0.25) is 0 Å². The monoisotopic (exact) mass is 324 g/mol. The van der Waals surface area contributed by atoms with Crippen molar-refractivity contribution in [2.75, 3.05) is 0 Å². The van der Waals surface area contributed by atoms with Gasteiger partial charge in [0.05, 0.1) is 0 Å². The highest BCUT2D eigenvalue weighted by Gasteiger charge is 2.50. The van der Waals surface area contributed by atoms with Gasteiger partial charge < -0.3 is 4.74 Å². The van der Waals surface area contributed by atoms with Crippen molar-refractivity contribution >= 4 is 6.16 Å². The van der Waals surface area contributed by atoms with Gasteiger partial charge in [-0.25, -0.2) is 4.79 Å². The van der Waals surface area contributed by atoms with Crippen LogP contribution in [0.1, 0.15) is 78.6 Å². The summed E-state index contributed by atoms with van der Waals surface area (Å²) in [5, 5.41) is 0. The number of hydrogen-bond donors (Lipinski definition) is 0. The summed E-state index contributed by atoms with van der Waals surface area (Å²) in [4.78, 5) is 22.4. The van der Waals surface area contributed by atoms with Gasteiger partial charge in [-0.3, -0.25) is 4.89 Å². The highest BCUT2D eigenvalue weighted by atomic mass is 17.2. The molecule has 0 aliphatic heterocycles. The number of carbonyl (C=O) groups is 1. The van der Waals surface area contributed by atoms with Gasteiger partial charge in [-0.2, -0.15) is 4.89 Å². The molecule has 23 heavy (non-hydrogen) atoms. The van der Waals surface area contributed by atoms with Crippen LogP contribution in [0.5, 0.6) is 0 Å². The summed E-state index contributed by atoms with van der Waals surface area (Å²) in [6.45, 7) is 6.09. The Morgan fingerprint density at radius 2 is 1.61 bits per heavy atom. The molecule has 4 bridgehead atoms. The molecule has 132 valence electrons. The first kappa shape index (κ1) is 17.1. The Hall–Kier alpha value is -0.770. The Kier molecular flexibility index (Phi) is 5.19. The molecule has 0 N–H and O–H groups in total. The summed E-state index contributed by atoms with van der Waals surface area (Å²) in [5.41, 5.74) is -0.446. The molecule has 0 unspecified atom stereocenters. The third kappa shape index (κ3) is 4.20. The van der Waals surface area contributed by atoms with Gasteiger partial charge in [0, 0.05) is 0 Å². The molecule has 0 aromatic heterocycles. The van der Waals surface area contributed by atoms with Crippen molar-refractivity contribution < 1.29 is 19.3 Å². The number of ether oxygens (including phenoxy) is 1. The molecule has 4 fully saturated rings. The highest BCUT2D eigenvalue weighted by molar-refractivity contribution is 5.59. The van der Waals surface area contributed by atoms with Crippen molar-refractivity contribution in [3.63, 3.8) is 0 Å². The summed E-state index contributed by atoms with van der Waals surface area (Å²) in [6, 6.07) is 0. The first-order valence-corrected chi connectivity index (χ1v) is 9.53. The fourth-order valence-corrected chi connectivity index (χ4v) is 5.19. The van der Waals surface area contributed by atoms with E-state index in [1.54, 1.807) is 0 Å². The van der Waals surface area contributed by atoms with Crippen molar-refractivity contribution in [2.24, 2.45) is 23.7 Å². The topological polar surface area (TPSA) is 44.8 Å². The van der Waals surface area contributed by atoms with Gasteiger partial charge in [-0.1, -0.05) is 26.2 Å². The van der Waals surface area contributed by atoms with Crippen LogP contribution in [0.3, 0.4) is 0 Å². The number of unbranched alkanes of at least 4 members (excludes halogenated alkanes) is 2. The molecule has 0 aromatic rings. The third-order valence-electron chi connectivity index (χ3n) is 6.09. The van der Waals surface area contributed by atoms with Crippen LogP contribution in [-0.4, -0.2) is 17.9 Å². The number of hydrogen-bond acceptors (Lipinski definition) is 4. The molecule has 4 heteroatoms. The number of rotatable bonds is 7. The van der Waals surface area contributed by atoms with Gasteiger partial charge in [0.25, 0.3) is 0 Å². The maximum atomic E-state index is 12.0. The summed E-state index contributed by atoms with van der Waals surface area (Å²) >= 11 is 0. The maximum absolute atomic E-state index is 12.0. The lowest BCUT2D eigenvalue weighted by molar-refractivity contribution is -0.323. The lowest BCUT2D eigenvalue weighted by atomic mass is 9.55. The van der Waals surface area contributed by atoms with Crippen LogP contribution >= 0.6 is 0 Å². The second kappa shape index (κ2) is 7.00. The minimum absolute atomic E-state index is 0.0575. The predicted octanol–water partition coefficient (Wildman–Crippen LogP) is 5.25. The number of carbonyl (C=O) groups excluding carboxylic acids is 1. The summed E-state index contributed by atoms with van der Waals surface area (Å²) < 4.78 is 5.66. The van der Waals surface area contributed by atoms with Crippen molar-refractivity contribution in [3.05, 3.63) is 0 Å². The zero-order valence-electron chi connectivity index (χ0n) is 14.9. The van der Waals surface area contributed by atoms with E-state index in [0.29, 0.717) is 11.8 Å². The average molecular weight is 324 g/mol. The molecule has 4 aliphatic carbocycles. The Morgan fingerprint density at radius 1 is 1.00 bits per heavy atom.